The molecular weight excluding hydrogens is 212 g/mol. The summed E-state index contributed by atoms with van der Waals surface area (Å²) < 4.78 is 0. The number of amides is 1. The molecule has 1 fully saturated rings. The molecule has 1 saturated heterocycles. The van der Waals surface area contributed by atoms with E-state index < -0.39 is 0 Å². The summed E-state index contributed by atoms with van der Waals surface area (Å²) in [5, 5.41) is 6.43. The van der Waals surface area contributed by atoms with Gasteiger partial charge in [-0.15, -0.1) is 0 Å². The first-order valence-electron chi connectivity index (χ1n) is 6.89. The maximum absolute atomic E-state index is 11.8. The Labute approximate surface area is 106 Å². The summed E-state index contributed by atoms with van der Waals surface area (Å²) in [4.78, 5) is 11.8. The molecule has 1 atom stereocenters. The molecule has 1 amide bonds. The van der Waals surface area contributed by atoms with Crippen LogP contribution in [-0.4, -0.2) is 25.0 Å². The van der Waals surface area contributed by atoms with Gasteiger partial charge in [-0.3, -0.25) is 4.79 Å². The van der Waals surface area contributed by atoms with Crippen LogP contribution in [0.5, 0.6) is 0 Å². The van der Waals surface area contributed by atoms with Crippen molar-refractivity contribution in [3.63, 3.8) is 0 Å². The molecule has 1 rings (SSSR count). The third-order valence-corrected chi connectivity index (χ3v) is 3.32. The highest BCUT2D eigenvalue weighted by Crippen LogP contribution is 2.24. The van der Waals surface area contributed by atoms with E-state index in [1.54, 1.807) is 0 Å². The molecule has 0 aromatic rings. The minimum absolute atomic E-state index is 0.196. The number of rotatable bonds is 6. The van der Waals surface area contributed by atoms with Crippen molar-refractivity contribution in [1.29, 1.82) is 0 Å². The average molecular weight is 240 g/mol. The minimum atomic E-state index is 0.196. The predicted octanol–water partition coefficient (Wildman–Crippen LogP) is 2.32. The smallest absolute Gasteiger partial charge is 0.221 e. The fourth-order valence-corrected chi connectivity index (χ4v) is 2.74. The average Bonchev–Trinajstić information content (AvgIpc) is 2.65. The van der Waals surface area contributed by atoms with Gasteiger partial charge in [0.2, 0.25) is 5.91 Å². The molecule has 1 aliphatic heterocycles. The second kappa shape index (κ2) is 6.39. The zero-order valence-corrected chi connectivity index (χ0v) is 11.8. The van der Waals surface area contributed by atoms with Crippen LogP contribution >= 0.6 is 0 Å². The number of hydrogen-bond acceptors (Lipinski definition) is 2. The Morgan fingerprint density at radius 3 is 2.71 bits per heavy atom. The van der Waals surface area contributed by atoms with Crippen molar-refractivity contribution in [2.75, 3.05) is 13.1 Å². The first kappa shape index (κ1) is 14.5. The molecule has 3 nitrogen and oxygen atoms in total. The van der Waals surface area contributed by atoms with Crippen LogP contribution in [0.3, 0.4) is 0 Å². The summed E-state index contributed by atoms with van der Waals surface area (Å²) in [7, 11) is 0. The Bertz CT molecular complexity index is 243. The molecule has 2 N–H and O–H groups in total. The lowest BCUT2D eigenvalue weighted by atomic mass is 9.84. The van der Waals surface area contributed by atoms with E-state index >= 15 is 0 Å². The highest BCUT2D eigenvalue weighted by Gasteiger charge is 2.22. The summed E-state index contributed by atoms with van der Waals surface area (Å²) in [6.45, 7) is 10.8. The van der Waals surface area contributed by atoms with E-state index in [2.05, 4.69) is 38.3 Å². The lowest BCUT2D eigenvalue weighted by Gasteiger charge is -2.27. The third-order valence-electron chi connectivity index (χ3n) is 3.32. The first-order valence-corrected chi connectivity index (χ1v) is 6.89. The molecule has 1 aliphatic rings. The fraction of sp³-hybridized carbons (Fsp3) is 0.929. The SMILES string of the molecule is CC(C)CC(C)(C)CNC(=O)CC1CCCN1. The van der Waals surface area contributed by atoms with Crippen molar-refractivity contribution < 1.29 is 4.79 Å². The van der Waals surface area contributed by atoms with Gasteiger partial charge in [0.25, 0.3) is 0 Å². The predicted molar refractivity (Wildman–Crippen MR) is 71.9 cm³/mol. The number of carbonyl (C=O) groups is 1. The third kappa shape index (κ3) is 6.06. The Morgan fingerprint density at radius 1 is 1.47 bits per heavy atom. The molecule has 0 aliphatic carbocycles. The van der Waals surface area contributed by atoms with Crippen LogP contribution in [0, 0.1) is 11.3 Å². The molecule has 0 aromatic heterocycles. The van der Waals surface area contributed by atoms with E-state index in [1.807, 2.05) is 0 Å². The monoisotopic (exact) mass is 240 g/mol. The van der Waals surface area contributed by atoms with Gasteiger partial charge in [0.05, 0.1) is 0 Å². The first-order chi connectivity index (χ1) is 7.89. The summed E-state index contributed by atoms with van der Waals surface area (Å²) >= 11 is 0. The molecule has 0 spiro atoms. The van der Waals surface area contributed by atoms with Gasteiger partial charge in [0.15, 0.2) is 0 Å². The summed E-state index contributed by atoms with van der Waals surface area (Å²) in [6.07, 6.45) is 4.13. The Hall–Kier alpha value is -0.570. The van der Waals surface area contributed by atoms with Gasteiger partial charge in [-0.25, -0.2) is 0 Å². The van der Waals surface area contributed by atoms with Crippen LogP contribution < -0.4 is 10.6 Å². The Balaban J connectivity index is 2.22. The highest BCUT2D eigenvalue weighted by atomic mass is 16.1. The molecular formula is C14H28N2O. The van der Waals surface area contributed by atoms with Gasteiger partial charge in [0.1, 0.15) is 0 Å². The number of nitrogens with one attached hydrogen (secondary N) is 2. The van der Waals surface area contributed by atoms with Crippen LogP contribution in [0.15, 0.2) is 0 Å². The van der Waals surface area contributed by atoms with Crippen LogP contribution in [0.4, 0.5) is 0 Å². The summed E-state index contributed by atoms with van der Waals surface area (Å²) in [5.41, 5.74) is 0.201. The summed E-state index contributed by atoms with van der Waals surface area (Å²) in [6, 6.07) is 0.406. The van der Waals surface area contributed by atoms with Gasteiger partial charge in [0, 0.05) is 19.0 Å². The van der Waals surface area contributed by atoms with Crippen molar-refractivity contribution in [2.45, 2.75) is 59.4 Å². The molecule has 0 aromatic carbocycles. The van der Waals surface area contributed by atoms with E-state index in [9.17, 15) is 4.79 Å². The normalized spacial score (nSPS) is 20.9. The van der Waals surface area contributed by atoms with Gasteiger partial charge >= 0.3 is 0 Å². The van der Waals surface area contributed by atoms with Crippen molar-refractivity contribution in [1.82, 2.24) is 10.6 Å². The lowest BCUT2D eigenvalue weighted by molar-refractivity contribution is -0.122. The molecule has 100 valence electrons. The van der Waals surface area contributed by atoms with Crippen LogP contribution in [0.1, 0.15) is 53.4 Å². The van der Waals surface area contributed by atoms with Gasteiger partial charge in [-0.1, -0.05) is 27.7 Å². The van der Waals surface area contributed by atoms with E-state index in [0.29, 0.717) is 18.4 Å². The molecule has 1 unspecified atom stereocenters. The topological polar surface area (TPSA) is 41.1 Å². The molecule has 17 heavy (non-hydrogen) atoms. The molecule has 1 heterocycles. The molecule has 3 heteroatoms. The fourth-order valence-electron chi connectivity index (χ4n) is 2.74. The molecule has 0 bridgehead atoms. The van der Waals surface area contributed by atoms with E-state index in [4.69, 9.17) is 0 Å². The molecule has 0 radical (unpaired) electrons. The molecule has 0 saturated carbocycles. The number of carbonyl (C=O) groups excluding carboxylic acids is 1. The van der Waals surface area contributed by atoms with Crippen molar-refractivity contribution in [2.24, 2.45) is 11.3 Å². The van der Waals surface area contributed by atoms with Crippen molar-refractivity contribution >= 4 is 5.91 Å². The second-order valence-electron chi connectivity index (χ2n) is 6.54. The van der Waals surface area contributed by atoms with E-state index in [0.717, 1.165) is 25.9 Å². The van der Waals surface area contributed by atoms with Gasteiger partial charge in [-0.05, 0) is 37.1 Å². The summed E-state index contributed by atoms with van der Waals surface area (Å²) in [5.74, 6) is 0.875. The van der Waals surface area contributed by atoms with Crippen molar-refractivity contribution in [3.05, 3.63) is 0 Å². The minimum Gasteiger partial charge on any atom is -0.356 e. The number of hydrogen-bond donors (Lipinski definition) is 2. The van der Waals surface area contributed by atoms with Crippen LogP contribution in [-0.2, 0) is 4.79 Å². The Morgan fingerprint density at radius 2 is 2.18 bits per heavy atom. The van der Waals surface area contributed by atoms with Crippen LogP contribution in [0.2, 0.25) is 0 Å². The van der Waals surface area contributed by atoms with E-state index in [-0.39, 0.29) is 11.3 Å². The van der Waals surface area contributed by atoms with Crippen LogP contribution in [0.25, 0.3) is 0 Å². The second-order valence-corrected chi connectivity index (χ2v) is 6.54. The quantitative estimate of drug-likeness (QED) is 0.748. The zero-order chi connectivity index (χ0) is 12.9. The van der Waals surface area contributed by atoms with Crippen molar-refractivity contribution in [3.8, 4) is 0 Å². The van der Waals surface area contributed by atoms with Gasteiger partial charge < -0.3 is 10.6 Å². The standard InChI is InChI=1S/C14H28N2O/c1-11(2)9-14(3,4)10-16-13(17)8-12-6-5-7-15-12/h11-12,15H,5-10H2,1-4H3,(H,16,17). The Kier molecular flexibility index (Phi) is 5.44. The highest BCUT2D eigenvalue weighted by molar-refractivity contribution is 5.76. The largest absolute Gasteiger partial charge is 0.356 e. The van der Waals surface area contributed by atoms with E-state index in [1.165, 1.54) is 6.42 Å². The van der Waals surface area contributed by atoms with Gasteiger partial charge in [-0.2, -0.15) is 0 Å². The zero-order valence-electron chi connectivity index (χ0n) is 11.8. The lowest BCUT2D eigenvalue weighted by Crippen LogP contribution is -2.37. The maximum Gasteiger partial charge on any atom is 0.221 e. The maximum atomic E-state index is 11.8.